The number of carboxylic acid groups (broad SMARTS) is 1. The Labute approximate surface area is 223 Å². The van der Waals surface area contributed by atoms with Crippen molar-refractivity contribution in [3.05, 3.63) is 93.2 Å². The summed E-state index contributed by atoms with van der Waals surface area (Å²) in [5.41, 5.74) is 4.41. The molecule has 3 aromatic rings. The highest BCUT2D eigenvalue weighted by Crippen LogP contribution is 2.53. The fourth-order valence-corrected chi connectivity index (χ4v) is 7.63. The standard InChI is InChI=1S/C25H22Cl2NO7PS/c1-37(34,35)19-4-2-3-15(11-19)14-22(25(31)32)36(33,18-7-5-17(29)6-8-18)10-9-16-12-20(26)23(24(28)30)21(27)13-16/h2-13,22,29H,14H2,1H3,(H2,28,30)(H,31,32)/b10-9+. The zero-order valence-electron chi connectivity index (χ0n) is 19.3. The lowest BCUT2D eigenvalue weighted by Gasteiger charge is -2.23. The summed E-state index contributed by atoms with van der Waals surface area (Å²) in [5, 5.41) is 19.9. The van der Waals surface area contributed by atoms with Crippen molar-refractivity contribution in [2.24, 2.45) is 5.73 Å². The van der Waals surface area contributed by atoms with Gasteiger partial charge in [-0.2, -0.15) is 0 Å². The predicted octanol–water partition coefficient (Wildman–Crippen LogP) is 4.56. The largest absolute Gasteiger partial charge is 0.508 e. The number of carboxylic acids is 1. The van der Waals surface area contributed by atoms with E-state index in [0.717, 1.165) is 6.26 Å². The van der Waals surface area contributed by atoms with E-state index < -0.39 is 34.5 Å². The van der Waals surface area contributed by atoms with Crippen LogP contribution >= 0.6 is 30.3 Å². The Kier molecular flexibility index (Phi) is 8.55. The molecule has 0 aliphatic heterocycles. The molecule has 4 N–H and O–H groups in total. The molecule has 3 aromatic carbocycles. The molecule has 0 aliphatic carbocycles. The highest BCUT2D eigenvalue weighted by molar-refractivity contribution is 7.90. The summed E-state index contributed by atoms with van der Waals surface area (Å²) in [5.74, 6) is -1.06. The minimum atomic E-state index is -3.92. The number of nitrogens with two attached hydrogens (primary N) is 1. The Hall–Kier alpha value is -3.10. The molecule has 2 unspecified atom stereocenters. The smallest absolute Gasteiger partial charge is 0.314 e. The first-order chi connectivity index (χ1) is 17.2. The van der Waals surface area contributed by atoms with Gasteiger partial charge >= 0.3 is 5.97 Å². The molecule has 0 aliphatic rings. The second kappa shape index (κ2) is 11.1. The van der Waals surface area contributed by atoms with Gasteiger partial charge in [0.15, 0.2) is 9.84 Å². The lowest BCUT2D eigenvalue weighted by molar-refractivity contribution is -0.136. The van der Waals surface area contributed by atoms with E-state index in [2.05, 4.69) is 0 Å². The maximum Gasteiger partial charge on any atom is 0.314 e. The number of carbonyl (C=O) groups excluding carboxylic acids is 1. The number of benzene rings is 3. The minimum Gasteiger partial charge on any atom is -0.508 e. The van der Waals surface area contributed by atoms with E-state index in [1.54, 1.807) is 6.07 Å². The number of amides is 1. The van der Waals surface area contributed by atoms with Crippen molar-refractivity contribution in [3.63, 3.8) is 0 Å². The average molecular weight is 582 g/mol. The van der Waals surface area contributed by atoms with Gasteiger partial charge in [-0.1, -0.05) is 41.4 Å². The first kappa shape index (κ1) is 28.5. The van der Waals surface area contributed by atoms with Crippen LogP contribution in [0.1, 0.15) is 21.5 Å². The Morgan fingerprint density at radius 1 is 1.05 bits per heavy atom. The fourth-order valence-electron chi connectivity index (χ4n) is 3.69. The van der Waals surface area contributed by atoms with E-state index in [1.165, 1.54) is 66.5 Å². The predicted molar refractivity (Wildman–Crippen MR) is 144 cm³/mol. The number of phenols is 1. The first-order valence-electron chi connectivity index (χ1n) is 10.6. The van der Waals surface area contributed by atoms with E-state index in [4.69, 9.17) is 28.9 Å². The molecule has 3 rings (SSSR count). The fraction of sp³-hybridized carbons (Fsp3) is 0.120. The molecule has 194 valence electrons. The van der Waals surface area contributed by atoms with E-state index in [1.807, 2.05) is 0 Å². The number of primary amides is 1. The van der Waals surface area contributed by atoms with Crippen molar-refractivity contribution in [2.75, 3.05) is 6.26 Å². The molecule has 2 atom stereocenters. The maximum absolute atomic E-state index is 14.5. The Balaban J connectivity index is 2.14. The molecular formula is C25H22Cl2NO7PS. The normalized spacial score (nSPS) is 14.2. The monoisotopic (exact) mass is 581 g/mol. The van der Waals surface area contributed by atoms with Gasteiger partial charge in [-0.25, -0.2) is 8.42 Å². The third-order valence-electron chi connectivity index (χ3n) is 5.56. The van der Waals surface area contributed by atoms with Crippen molar-refractivity contribution in [1.82, 2.24) is 0 Å². The Bertz CT molecular complexity index is 1530. The summed E-state index contributed by atoms with van der Waals surface area (Å²) in [7, 11) is -7.48. The molecule has 0 radical (unpaired) electrons. The van der Waals surface area contributed by atoms with Gasteiger partial charge < -0.3 is 20.5 Å². The number of sulfone groups is 1. The van der Waals surface area contributed by atoms with Gasteiger partial charge in [0.05, 0.1) is 20.5 Å². The second-order valence-corrected chi connectivity index (χ2v) is 13.9. The molecule has 0 heterocycles. The molecule has 0 fully saturated rings. The van der Waals surface area contributed by atoms with Gasteiger partial charge in [-0.3, -0.25) is 9.59 Å². The molecule has 8 nitrogen and oxygen atoms in total. The van der Waals surface area contributed by atoms with Gasteiger partial charge in [0.1, 0.15) is 18.6 Å². The van der Waals surface area contributed by atoms with E-state index in [9.17, 15) is 32.8 Å². The number of rotatable bonds is 9. The van der Waals surface area contributed by atoms with E-state index in [0.29, 0.717) is 11.1 Å². The summed E-state index contributed by atoms with van der Waals surface area (Å²) in [6, 6.07) is 13.8. The van der Waals surface area contributed by atoms with Crippen molar-refractivity contribution in [3.8, 4) is 5.75 Å². The second-order valence-electron chi connectivity index (χ2n) is 8.24. The number of aromatic hydroxyl groups is 1. The lowest BCUT2D eigenvalue weighted by Crippen LogP contribution is -2.27. The van der Waals surface area contributed by atoms with Crippen molar-refractivity contribution in [1.29, 1.82) is 0 Å². The van der Waals surface area contributed by atoms with Crippen LogP contribution in [0.5, 0.6) is 5.75 Å². The summed E-state index contributed by atoms with van der Waals surface area (Å²) in [6.45, 7) is 0. The molecule has 0 saturated heterocycles. The number of hydrogen-bond donors (Lipinski definition) is 3. The average Bonchev–Trinajstić information content (AvgIpc) is 2.80. The summed E-state index contributed by atoms with van der Waals surface area (Å²) < 4.78 is 38.4. The van der Waals surface area contributed by atoms with Crippen molar-refractivity contribution >= 4 is 63.4 Å². The highest BCUT2D eigenvalue weighted by Gasteiger charge is 2.38. The van der Waals surface area contributed by atoms with Crippen LogP contribution in [0.4, 0.5) is 0 Å². The third-order valence-corrected chi connectivity index (χ3v) is 10.3. The number of hydrogen-bond acceptors (Lipinski definition) is 6. The van der Waals surface area contributed by atoms with Crippen LogP contribution in [-0.2, 0) is 25.6 Å². The van der Waals surface area contributed by atoms with Crippen molar-refractivity contribution in [2.45, 2.75) is 17.0 Å². The van der Waals surface area contributed by atoms with Crippen LogP contribution < -0.4 is 11.0 Å². The van der Waals surface area contributed by atoms with Gasteiger partial charge in [-0.15, -0.1) is 0 Å². The number of halogens is 2. The molecular weight excluding hydrogens is 560 g/mol. The molecule has 0 aromatic heterocycles. The molecule has 0 bridgehead atoms. The molecule has 0 spiro atoms. The summed E-state index contributed by atoms with van der Waals surface area (Å²) in [4.78, 5) is 24.0. The molecule has 1 amide bonds. The van der Waals surface area contributed by atoms with Gasteiger partial charge in [0, 0.05) is 11.6 Å². The SMILES string of the molecule is CS(=O)(=O)c1cccc(CC(C(=O)O)P(=O)(/C=C/c2cc(Cl)c(C(N)=O)c(Cl)c2)c2ccc(O)cc2)c1. The zero-order valence-corrected chi connectivity index (χ0v) is 22.6. The number of carbonyl (C=O) groups is 2. The Morgan fingerprint density at radius 2 is 1.65 bits per heavy atom. The minimum absolute atomic E-state index is 0.00275. The summed E-state index contributed by atoms with van der Waals surface area (Å²) >= 11 is 12.3. The molecule has 12 heteroatoms. The topological polar surface area (TPSA) is 152 Å². The van der Waals surface area contributed by atoms with E-state index in [-0.39, 0.29) is 38.0 Å². The van der Waals surface area contributed by atoms with Gasteiger partial charge in [0.25, 0.3) is 5.91 Å². The first-order valence-corrected chi connectivity index (χ1v) is 15.1. The molecule has 37 heavy (non-hydrogen) atoms. The number of aliphatic carboxylic acids is 1. The third kappa shape index (κ3) is 6.62. The lowest BCUT2D eigenvalue weighted by atomic mass is 10.1. The van der Waals surface area contributed by atoms with Crippen molar-refractivity contribution < 1.29 is 32.8 Å². The van der Waals surface area contributed by atoms with Crippen LogP contribution in [0.2, 0.25) is 10.0 Å². The van der Waals surface area contributed by atoms with Crippen LogP contribution in [0, 0.1) is 0 Å². The van der Waals surface area contributed by atoms with Gasteiger partial charge in [-0.05, 0) is 71.9 Å². The quantitative estimate of drug-likeness (QED) is 0.313. The summed E-state index contributed by atoms with van der Waals surface area (Å²) in [6.07, 6.45) is 2.16. The van der Waals surface area contributed by atoms with Crippen LogP contribution in [-0.4, -0.2) is 42.4 Å². The number of phenolic OH excluding ortho intramolecular Hbond substituents is 1. The van der Waals surface area contributed by atoms with Gasteiger partial charge in [0.2, 0.25) is 0 Å². The van der Waals surface area contributed by atoms with Crippen LogP contribution in [0.3, 0.4) is 0 Å². The van der Waals surface area contributed by atoms with Crippen LogP contribution in [0.25, 0.3) is 6.08 Å². The van der Waals surface area contributed by atoms with Crippen LogP contribution in [0.15, 0.2) is 71.4 Å². The molecule has 0 saturated carbocycles. The maximum atomic E-state index is 14.5. The highest BCUT2D eigenvalue weighted by atomic mass is 35.5. The van der Waals surface area contributed by atoms with E-state index >= 15 is 0 Å². The zero-order chi connectivity index (χ0) is 27.5. The Morgan fingerprint density at radius 3 is 2.16 bits per heavy atom.